The lowest BCUT2D eigenvalue weighted by Crippen LogP contribution is -2.34. The number of amides is 1. The molecule has 0 aliphatic carbocycles. The Hall–Kier alpha value is -1.72. The maximum absolute atomic E-state index is 12.7. The molecule has 0 bridgehead atoms. The highest BCUT2D eigenvalue weighted by Gasteiger charge is 2.34. The fourth-order valence-corrected chi connectivity index (χ4v) is 1.54. The van der Waals surface area contributed by atoms with Crippen molar-refractivity contribution in [3.05, 3.63) is 29.8 Å². The number of primary amides is 1. The molecule has 0 saturated heterocycles. The van der Waals surface area contributed by atoms with Crippen LogP contribution in [0.1, 0.15) is 12.5 Å². The van der Waals surface area contributed by atoms with E-state index in [1.807, 2.05) is 0 Å². The largest absolute Gasteiger partial charge is 0.418 e. The lowest BCUT2D eigenvalue weighted by molar-refractivity contribution is -0.137. The van der Waals surface area contributed by atoms with Crippen LogP contribution < -0.4 is 10.6 Å². The van der Waals surface area contributed by atoms with Crippen LogP contribution >= 0.6 is 0 Å². The number of nitrogens with zero attached hydrogens (tertiary/aromatic N) is 1. The van der Waals surface area contributed by atoms with Crippen LogP contribution in [0.3, 0.4) is 0 Å². The molecule has 3 nitrogen and oxygen atoms in total. The minimum absolute atomic E-state index is 0.0266. The average Bonchev–Trinajstić information content (AvgIpc) is 2.24. The van der Waals surface area contributed by atoms with E-state index in [1.54, 1.807) is 6.92 Å². The van der Waals surface area contributed by atoms with E-state index in [-0.39, 0.29) is 18.8 Å². The third kappa shape index (κ3) is 3.37. The molecule has 1 rings (SSSR count). The van der Waals surface area contributed by atoms with Crippen LogP contribution in [-0.4, -0.2) is 19.0 Å². The van der Waals surface area contributed by atoms with E-state index in [0.29, 0.717) is 0 Å². The Morgan fingerprint density at radius 2 is 1.94 bits per heavy atom. The number of anilines is 1. The third-order valence-corrected chi connectivity index (χ3v) is 2.28. The van der Waals surface area contributed by atoms with Gasteiger partial charge in [-0.2, -0.15) is 13.2 Å². The maximum atomic E-state index is 12.7. The van der Waals surface area contributed by atoms with Gasteiger partial charge in [-0.25, -0.2) is 0 Å². The molecule has 0 aliphatic heterocycles. The summed E-state index contributed by atoms with van der Waals surface area (Å²) in [5.74, 6) is -0.663. The van der Waals surface area contributed by atoms with Gasteiger partial charge in [-0.3, -0.25) is 4.79 Å². The van der Waals surface area contributed by atoms with Gasteiger partial charge < -0.3 is 10.6 Å². The van der Waals surface area contributed by atoms with Crippen LogP contribution in [0.5, 0.6) is 0 Å². The van der Waals surface area contributed by atoms with Crippen LogP contribution in [0.25, 0.3) is 0 Å². The first-order valence-electron chi connectivity index (χ1n) is 5.05. The van der Waals surface area contributed by atoms with Crippen LogP contribution in [-0.2, 0) is 11.0 Å². The second-order valence-corrected chi connectivity index (χ2v) is 3.50. The number of benzene rings is 1. The number of hydrogen-bond acceptors (Lipinski definition) is 2. The van der Waals surface area contributed by atoms with Gasteiger partial charge in [0.25, 0.3) is 0 Å². The van der Waals surface area contributed by atoms with E-state index in [1.165, 1.54) is 23.1 Å². The molecule has 0 spiro atoms. The van der Waals surface area contributed by atoms with Crippen LogP contribution in [0, 0.1) is 0 Å². The molecule has 1 aromatic carbocycles. The van der Waals surface area contributed by atoms with Gasteiger partial charge in [0.05, 0.1) is 12.1 Å². The normalized spacial score (nSPS) is 11.3. The van der Waals surface area contributed by atoms with E-state index in [0.717, 1.165) is 6.07 Å². The van der Waals surface area contributed by atoms with Gasteiger partial charge in [0.15, 0.2) is 0 Å². The molecule has 0 atom stereocenters. The second kappa shape index (κ2) is 5.07. The lowest BCUT2D eigenvalue weighted by atomic mass is 10.1. The number of carbonyl (C=O) groups excluding carboxylic acids is 1. The standard InChI is InChI=1S/C11H13F3N2O/c1-2-16(7-10(15)17)9-6-4-3-5-8(9)11(12,13)14/h3-6H,2,7H2,1H3,(H2,15,17). The molecular weight excluding hydrogens is 233 g/mol. The Morgan fingerprint density at radius 3 is 2.41 bits per heavy atom. The number of halogens is 3. The molecule has 0 aliphatic rings. The first-order chi connectivity index (χ1) is 7.86. The van der Waals surface area contributed by atoms with Crippen molar-refractivity contribution in [3.63, 3.8) is 0 Å². The summed E-state index contributed by atoms with van der Waals surface area (Å²) in [4.78, 5) is 12.1. The molecule has 0 unspecified atom stereocenters. The SMILES string of the molecule is CCN(CC(N)=O)c1ccccc1C(F)(F)F. The number of likely N-dealkylation sites (N-methyl/N-ethyl adjacent to an activating group) is 1. The number of rotatable bonds is 4. The number of para-hydroxylation sites is 1. The summed E-state index contributed by atoms with van der Waals surface area (Å²) < 4.78 is 38.2. The molecule has 94 valence electrons. The molecule has 1 aromatic rings. The highest BCUT2D eigenvalue weighted by Crippen LogP contribution is 2.36. The first kappa shape index (κ1) is 13.3. The van der Waals surface area contributed by atoms with E-state index in [4.69, 9.17) is 5.73 Å². The van der Waals surface area contributed by atoms with Gasteiger partial charge in [-0.15, -0.1) is 0 Å². The number of hydrogen-bond donors (Lipinski definition) is 1. The van der Waals surface area contributed by atoms with E-state index in [9.17, 15) is 18.0 Å². The summed E-state index contributed by atoms with van der Waals surface area (Å²) in [6.45, 7) is 1.70. The molecule has 0 heterocycles. The van der Waals surface area contributed by atoms with Gasteiger partial charge in [-0.05, 0) is 19.1 Å². The van der Waals surface area contributed by atoms with E-state index < -0.39 is 17.6 Å². The van der Waals surface area contributed by atoms with Gasteiger partial charge in [0.2, 0.25) is 5.91 Å². The van der Waals surface area contributed by atoms with Crippen molar-refractivity contribution in [1.82, 2.24) is 0 Å². The Morgan fingerprint density at radius 1 is 1.35 bits per heavy atom. The highest BCUT2D eigenvalue weighted by molar-refractivity contribution is 5.80. The third-order valence-electron chi connectivity index (χ3n) is 2.28. The van der Waals surface area contributed by atoms with Crippen LogP contribution in [0.2, 0.25) is 0 Å². The van der Waals surface area contributed by atoms with Crippen molar-refractivity contribution in [2.24, 2.45) is 5.73 Å². The van der Waals surface area contributed by atoms with E-state index in [2.05, 4.69) is 0 Å². The van der Waals surface area contributed by atoms with Crippen molar-refractivity contribution < 1.29 is 18.0 Å². The number of carbonyl (C=O) groups is 1. The van der Waals surface area contributed by atoms with Gasteiger partial charge in [-0.1, -0.05) is 12.1 Å². The van der Waals surface area contributed by atoms with E-state index >= 15 is 0 Å². The molecule has 1 amide bonds. The molecule has 0 saturated carbocycles. The predicted octanol–water partition coefficient (Wildman–Crippen LogP) is 2.02. The number of alkyl halides is 3. The fourth-order valence-electron chi connectivity index (χ4n) is 1.54. The van der Waals surface area contributed by atoms with Gasteiger partial charge >= 0.3 is 6.18 Å². The molecule has 6 heteroatoms. The molecule has 0 aromatic heterocycles. The molecule has 0 radical (unpaired) electrons. The highest BCUT2D eigenvalue weighted by atomic mass is 19.4. The Labute approximate surface area is 97.0 Å². The molecule has 0 fully saturated rings. The number of nitrogens with two attached hydrogens (primary N) is 1. The summed E-state index contributed by atoms with van der Waals surface area (Å²) in [6.07, 6.45) is -4.44. The Balaban J connectivity index is 3.15. The van der Waals surface area contributed by atoms with Crippen LogP contribution in [0.15, 0.2) is 24.3 Å². The first-order valence-corrected chi connectivity index (χ1v) is 5.05. The summed E-state index contributed by atoms with van der Waals surface area (Å²) in [6, 6.07) is 5.12. The summed E-state index contributed by atoms with van der Waals surface area (Å²) in [7, 11) is 0. The average molecular weight is 246 g/mol. The van der Waals surface area contributed by atoms with Gasteiger partial charge in [0, 0.05) is 12.2 Å². The van der Waals surface area contributed by atoms with Crippen molar-refractivity contribution in [2.45, 2.75) is 13.1 Å². The topological polar surface area (TPSA) is 46.3 Å². The Bertz CT molecular complexity index is 404. The maximum Gasteiger partial charge on any atom is 0.418 e. The zero-order valence-corrected chi connectivity index (χ0v) is 9.29. The molecular formula is C11H13F3N2O. The quantitative estimate of drug-likeness (QED) is 0.883. The predicted molar refractivity (Wildman–Crippen MR) is 58.5 cm³/mol. The lowest BCUT2D eigenvalue weighted by Gasteiger charge is -2.25. The summed E-state index contributed by atoms with van der Waals surface area (Å²) in [5.41, 5.74) is 4.22. The van der Waals surface area contributed by atoms with Crippen molar-refractivity contribution in [2.75, 3.05) is 18.0 Å². The van der Waals surface area contributed by atoms with Gasteiger partial charge in [0.1, 0.15) is 0 Å². The zero-order chi connectivity index (χ0) is 13.1. The molecule has 2 N–H and O–H groups in total. The van der Waals surface area contributed by atoms with Crippen molar-refractivity contribution in [3.8, 4) is 0 Å². The van der Waals surface area contributed by atoms with Crippen molar-refractivity contribution >= 4 is 11.6 Å². The second-order valence-electron chi connectivity index (χ2n) is 3.50. The smallest absolute Gasteiger partial charge is 0.368 e. The summed E-state index contributed by atoms with van der Waals surface area (Å²) >= 11 is 0. The minimum Gasteiger partial charge on any atom is -0.368 e. The summed E-state index contributed by atoms with van der Waals surface area (Å²) in [5, 5.41) is 0. The fraction of sp³-hybridized carbons (Fsp3) is 0.364. The minimum atomic E-state index is -4.44. The van der Waals surface area contributed by atoms with Crippen LogP contribution in [0.4, 0.5) is 18.9 Å². The van der Waals surface area contributed by atoms with Crippen molar-refractivity contribution in [1.29, 1.82) is 0 Å². The molecule has 17 heavy (non-hydrogen) atoms. The Kier molecular flexibility index (Phi) is 3.98. The monoisotopic (exact) mass is 246 g/mol. The zero-order valence-electron chi connectivity index (χ0n) is 9.29.